The van der Waals surface area contributed by atoms with Crippen molar-refractivity contribution in [3.05, 3.63) is 12.2 Å². The summed E-state index contributed by atoms with van der Waals surface area (Å²) in [6.45, 7) is 5.45. The molecule has 12 heavy (non-hydrogen) atoms. The summed E-state index contributed by atoms with van der Waals surface area (Å²) >= 11 is 0. The molecule has 0 radical (unpaired) electrons. The van der Waals surface area contributed by atoms with E-state index >= 15 is 0 Å². The second-order valence-corrected chi connectivity index (χ2v) is 2.89. The van der Waals surface area contributed by atoms with Crippen molar-refractivity contribution in [2.45, 2.75) is 38.4 Å². The number of hydrogen-bond acceptors (Lipinski definition) is 1. The summed E-state index contributed by atoms with van der Waals surface area (Å²) in [6, 6.07) is -0.836. The van der Waals surface area contributed by atoms with Gasteiger partial charge in [-0.1, -0.05) is 19.1 Å². The van der Waals surface area contributed by atoms with Crippen LogP contribution in [0.1, 0.15) is 26.2 Å². The molecule has 0 saturated heterocycles. The topological polar surface area (TPSA) is 26.0 Å². The fourth-order valence-electron chi connectivity index (χ4n) is 0.885. The third-order valence-electron chi connectivity index (χ3n) is 1.54. The van der Waals surface area contributed by atoms with Crippen LogP contribution in [0, 0.1) is 0 Å². The Morgan fingerprint density at radius 1 is 1.50 bits per heavy atom. The molecule has 0 heterocycles. The van der Waals surface area contributed by atoms with E-state index in [-0.39, 0.29) is 6.42 Å². The molecule has 0 aromatic heterocycles. The van der Waals surface area contributed by atoms with E-state index in [0.717, 1.165) is 5.57 Å². The highest BCUT2D eigenvalue weighted by molar-refractivity contribution is 4.96. The van der Waals surface area contributed by atoms with Crippen LogP contribution < -0.4 is 5.73 Å². The molecular weight excluding hydrogens is 167 g/mol. The molecule has 0 aromatic rings. The van der Waals surface area contributed by atoms with Crippen molar-refractivity contribution in [3.63, 3.8) is 0 Å². The SMILES string of the molecule is C=C(CC)CC(N)CC(F)(F)F. The van der Waals surface area contributed by atoms with Gasteiger partial charge in [0.2, 0.25) is 0 Å². The van der Waals surface area contributed by atoms with Crippen LogP contribution in [0.25, 0.3) is 0 Å². The summed E-state index contributed by atoms with van der Waals surface area (Å²) in [4.78, 5) is 0. The van der Waals surface area contributed by atoms with Crippen LogP contribution in [0.15, 0.2) is 12.2 Å². The Balaban J connectivity index is 3.74. The average Bonchev–Trinajstić information content (AvgIpc) is 1.82. The first-order valence-electron chi connectivity index (χ1n) is 3.84. The lowest BCUT2D eigenvalue weighted by Gasteiger charge is -2.14. The van der Waals surface area contributed by atoms with Gasteiger partial charge < -0.3 is 5.73 Å². The largest absolute Gasteiger partial charge is 0.390 e. The van der Waals surface area contributed by atoms with Gasteiger partial charge in [0.05, 0.1) is 6.42 Å². The molecule has 0 saturated carbocycles. The molecule has 0 spiro atoms. The molecule has 0 amide bonds. The molecule has 1 atom stereocenters. The Hall–Kier alpha value is -0.510. The van der Waals surface area contributed by atoms with E-state index in [4.69, 9.17) is 5.73 Å². The molecular formula is C8H14F3N. The molecule has 0 aliphatic rings. The van der Waals surface area contributed by atoms with Crippen LogP contribution in [0.2, 0.25) is 0 Å². The van der Waals surface area contributed by atoms with Crippen LogP contribution in [0.3, 0.4) is 0 Å². The van der Waals surface area contributed by atoms with E-state index in [1.165, 1.54) is 0 Å². The molecule has 0 rings (SSSR count). The third kappa shape index (κ3) is 6.22. The lowest BCUT2D eigenvalue weighted by Crippen LogP contribution is -2.27. The van der Waals surface area contributed by atoms with Gasteiger partial charge in [0.15, 0.2) is 0 Å². The fraction of sp³-hybridized carbons (Fsp3) is 0.750. The molecule has 72 valence electrons. The summed E-state index contributed by atoms with van der Waals surface area (Å²) < 4.78 is 35.3. The Morgan fingerprint density at radius 3 is 2.33 bits per heavy atom. The van der Waals surface area contributed by atoms with Gasteiger partial charge >= 0.3 is 6.18 Å². The van der Waals surface area contributed by atoms with Crippen LogP contribution >= 0.6 is 0 Å². The quantitative estimate of drug-likeness (QED) is 0.663. The predicted octanol–water partition coefficient (Wildman–Crippen LogP) is 2.62. The van der Waals surface area contributed by atoms with E-state index in [9.17, 15) is 13.2 Å². The molecule has 0 aromatic carbocycles. The molecule has 4 heteroatoms. The average molecular weight is 181 g/mol. The number of hydrogen-bond donors (Lipinski definition) is 1. The highest BCUT2D eigenvalue weighted by atomic mass is 19.4. The fourth-order valence-corrected chi connectivity index (χ4v) is 0.885. The van der Waals surface area contributed by atoms with Crippen molar-refractivity contribution < 1.29 is 13.2 Å². The predicted molar refractivity (Wildman–Crippen MR) is 42.7 cm³/mol. The van der Waals surface area contributed by atoms with E-state index < -0.39 is 18.6 Å². The highest BCUT2D eigenvalue weighted by Gasteiger charge is 2.30. The van der Waals surface area contributed by atoms with Crippen LogP contribution in [-0.4, -0.2) is 12.2 Å². The summed E-state index contributed by atoms with van der Waals surface area (Å²) in [6.07, 6.45) is -4.14. The van der Waals surface area contributed by atoms with Crippen molar-refractivity contribution in [1.29, 1.82) is 0 Å². The normalized spacial score (nSPS) is 14.4. The lowest BCUT2D eigenvalue weighted by molar-refractivity contribution is -0.138. The van der Waals surface area contributed by atoms with Gasteiger partial charge in [-0.3, -0.25) is 0 Å². The Bertz CT molecular complexity index is 151. The smallest absolute Gasteiger partial charge is 0.327 e. The molecule has 0 aliphatic heterocycles. The third-order valence-corrected chi connectivity index (χ3v) is 1.54. The molecule has 0 bridgehead atoms. The minimum Gasteiger partial charge on any atom is -0.327 e. The first-order valence-corrected chi connectivity index (χ1v) is 3.84. The summed E-state index contributed by atoms with van der Waals surface area (Å²) in [5.74, 6) is 0. The van der Waals surface area contributed by atoms with Gasteiger partial charge in [0.1, 0.15) is 0 Å². The van der Waals surface area contributed by atoms with Crippen molar-refractivity contribution in [3.8, 4) is 0 Å². The van der Waals surface area contributed by atoms with Crippen molar-refractivity contribution in [2.24, 2.45) is 5.73 Å². The van der Waals surface area contributed by atoms with Gasteiger partial charge in [-0.2, -0.15) is 13.2 Å². The van der Waals surface area contributed by atoms with E-state index in [1.807, 2.05) is 6.92 Å². The monoisotopic (exact) mass is 181 g/mol. The molecule has 1 unspecified atom stereocenters. The minimum absolute atomic E-state index is 0.260. The van der Waals surface area contributed by atoms with Crippen molar-refractivity contribution in [2.75, 3.05) is 0 Å². The lowest BCUT2D eigenvalue weighted by atomic mass is 10.0. The minimum atomic E-state index is -4.16. The standard InChI is InChI=1S/C8H14F3N/c1-3-6(2)4-7(12)5-8(9,10)11/h7H,2-5,12H2,1H3. The summed E-state index contributed by atoms with van der Waals surface area (Å²) in [5.41, 5.74) is 6.03. The maximum Gasteiger partial charge on any atom is 0.390 e. The number of rotatable bonds is 4. The molecule has 0 aliphatic carbocycles. The number of nitrogens with two attached hydrogens (primary N) is 1. The van der Waals surface area contributed by atoms with Gasteiger partial charge in [-0.15, -0.1) is 0 Å². The molecule has 1 nitrogen and oxygen atoms in total. The number of halogens is 3. The maximum absolute atomic E-state index is 11.8. The number of alkyl halides is 3. The first-order chi connectivity index (χ1) is 5.35. The summed E-state index contributed by atoms with van der Waals surface area (Å²) in [7, 11) is 0. The highest BCUT2D eigenvalue weighted by Crippen LogP contribution is 2.23. The Labute approximate surface area is 70.4 Å². The Kier molecular flexibility index (Phi) is 4.31. The van der Waals surface area contributed by atoms with E-state index in [1.54, 1.807) is 0 Å². The summed E-state index contributed by atoms with van der Waals surface area (Å²) in [5, 5.41) is 0. The Morgan fingerprint density at radius 2 is 2.00 bits per heavy atom. The van der Waals surface area contributed by atoms with Crippen LogP contribution in [0.4, 0.5) is 13.2 Å². The second kappa shape index (κ2) is 4.50. The second-order valence-electron chi connectivity index (χ2n) is 2.89. The zero-order valence-electron chi connectivity index (χ0n) is 7.12. The first kappa shape index (κ1) is 11.5. The van der Waals surface area contributed by atoms with Crippen molar-refractivity contribution >= 4 is 0 Å². The van der Waals surface area contributed by atoms with Crippen LogP contribution in [0.5, 0.6) is 0 Å². The van der Waals surface area contributed by atoms with Gasteiger partial charge in [-0.25, -0.2) is 0 Å². The van der Waals surface area contributed by atoms with E-state index in [2.05, 4.69) is 6.58 Å². The zero-order valence-corrected chi connectivity index (χ0v) is 7.12. The maximum atomic E-state index is 11.8. The van der Waals surface area contributed by atoms with Crippen molar-refractivity contribution in [1.82, 2.24) is 0 Å². The molecule has 0 fully saturated rings. The van der Waals surface area contributed by atoms with Crippen LogP contribution in [-0.2, 0) is 0 Å². The van der Waals surface area contributed by atoms with E-state index in [0.29, 0.717) is 6.42 Å². The molecule has 2 N–H and O–H groups in total. The van der Waals surface area contributed by atoms with Gasteiger partial charge in [0, 0.05) is 6.04 Å². The van der Waals surface area contributed by atoms with Gasteiger partial charge in [-0.05, 0) is 12.8 Å². The zero-order chi connectivity index (χ0) is 9.78. The van der Waals surface area contributed by atoms with Gasteiger partial charge in [0.25, 0.3) is 0 Å².